The van der Waals surface area contributed by atoms with Gasteiger partial charge in [0.25, 0.3) is 0 Å². The molecule has 2 rings (SSSR count). The first kappa shape index (κ1) is 16.7. The van der Waals surface area contributed by atoms with Crippen LogP contribution in [0.2, 0.25) is 0 Å². The molecule has 0 aliphatic carbocycles. The average Bonchev–Trinajstić information content (AvgIpc) is 2.52. The first-order chi connectivity index (χ1) is 11.0. The van der Waals surface area contributed by atoms with Gasteiger partial charge in [0.1, 0.15) is 11.5 Å². The maximum atomic E-state index is 13.2. The number of ether oxygens (including phenoxy) is 1. The molecule has 0 spiro atoms. The van der Waals surface area contributed by atoms with Gasteiger partial charge in [0.15, 0.2) is 5.75 Å². The lowest BCUT2D eigenvalue weighted by molar-refractivity contribution is -0.384. The van der Waals surface area contributed by atoms with Gasteiger partial charge in [-0.15, -0.1) is 0 Å². The molecule has 0 bridgehead atoms. The molecule has 0 fully saturated rings. The maximum Gasteiger partial charge on any atom is 0.333 e. The van der Waals surface area contributed by atoms with Gasteiger partial charge < -0.3 is 15.2 Å². The number of nitrogens with zero attached hydrogens (tertiary/aromatic N) is 1. The molecule has 6 nitrogen and oxygen atoms in total. The smallest absolute Gasteiger partial charge is 0.333 e. The van der Waals surface area contributed by atoms with Gasteiger partial charge in [-0.25, -0.2) is 4.39 Å². The second-order valence-electron chi connectivity index (χ2n) is 4.79. The van der Waals surface area contributed by atoms with Crippen LogP contribution >= 0.6 is 0 Å². The second kappa shape index (κ2) is 7.55. The molecule has 0 aliphatic heterocycles. The summed E-state index contributed by atoms with van der Waals surface area (Å²) in [5.41, 5.74) is 0.429. The lowest BCUT2D eigenvalue weighted by atomic mass is 10.1. The second-order valence-corrected chi connectivity index (χ2v) is 4.79. The van der Waals surface area contributed by atoms with E-state index in [1.165, 1.54) is 30.3 Å². The number of aliphatic hydroxyl groups is 1. The highest BCUT2D eigenvalue weighted by atomic mass is 19.1. The minimum Gasteiger partial charge on any atom is -0.487 e. The van der Waals surface area contributed by atoms with Crippen molar-refractivity contribution in [3.63, 3.8) is 0 Å². The molecule has 23 heavy (non-hydrogen) atoms. The van der Waals surface area contributed by atoms with Gasteiger partial charge >= 0.3 is 5.69 Å². The van der Waals surface area contributed by atoms with E-state index >= 15 is 0 Å². The fraction of sp³-hybridized carbons (Fsp3) is 0.250. The number of para-hydroxylation sites is 1. The number of nitrogens with one attached hydrogen (secondary N) is 1. The number of hydrogen-bond donors (Lipinski definition) is 2. The molecule has 1 unspecified atom stereocenters. The Morgan fingerprint density at radius 2 is 2.09 bits per heavy atom. The largest absolute Gasteiger partial charge is 0.487 e. The number of halogens is 1. The van der Waals surface area contributed by atoms with E-state index in [4.69, 9.17) is 4.74 Å². The van der Waals surface area contributed by atoms with Gasteiger partial charge in [-0.3, -0.25) is 10.1 Å². The third-order valence-electron chi connectivity index (χ3n) is 3.20. The van der Waals surface area contributed by atoms with Crippen molar-refractivity contribution in [3.05, 3.63) is 64.0 Å². The number of hydrogen-bond acceptors (Lipinski definition) is 5. The third-order valence-corrected chi connectivity index (χ3v) is 3.20. The molecule has 1 atom stereocenters. The van der Waals surface area contributed by atoms with Crippen LogP contribution in [0.25, 0.3) is 0 Å². The molecule has 0 heterocycles. The van der Waals surface area contributed by atoms with E-state index in [2.05, 4.69) is 5.32 Å². The van der Waals surface area contributed by atoms with Gasteiger partial charge in [0.05, 0.1) is 17.6 Å². The molecule has 122 valence electrons. The van der Waals surface area contributed by atoms with Crippen molar-refractivity contribution in [2.24, 2.45) is 0 Å². The molecule has 2 aromatic rings. The standard InChI is InChI=1S/C16H17FN2O4/c1-2-23-15-8-4-7-13(16(15)19(21)22)18-10-14(20)11-5-3-6-12(17)9-11/h3-9,14,18,20H,2,10H2,1H3. The highest BCUT2D eigenvalue weighted by Crippen LogP contribution is 2.35. The lowest BCUT2D eigenvalue weighted by Crippen LogP contribution is -2.13. The highest BCUT2D eigenvalue weighted by molar-refractivity contribution is 5.68. The summed E-state index contributed by atoms with van der Waals surface area (Å²) in [6.45, 7) is 2.04. The zero-order valence-electron chi connectivity index (χ0n) is 12.5. The minimum atomic E-state index is -0.999. The molecule has 2 N–H and O–H groups in total. The molecule has 0 saturated carbocycles. The van der Waals surface area contributed by atoms with Crippen LogP contribution in [0.3, 0.4) is 0 Å². The average molecular weight is 320 g/mol. The first-order valence-corrected chi connectivity index (χ1v) is 7.10. The molecular formula is C16H17FN2O4. The van der Waals surface area contributed by atoms with Gasteiger partial charge in [-0.2, -0.15) is 0 Å². The van der Waals surface area contributed by atoms with Crippen LogP contribution in [-0.4, -0.2) is 23.2 Å². The summed E-state index contributed by atoms with van der Waals surface area (Å²) < 4.78 is 18.4. The number of benzene rings is 2. The van der Waals surface area contributed by atoms with Gasteiger partial charge in [-0.1, -0.05) is 18.2 Å². The number of rotatable bonds is 7. The van der Waals surface area contributed by atoms with Crippen LogP contribution < -0.4 is 10.1 Å². The minimum absolute atomic E-state index is 0.000127. The van der Waals surface area contributed by atoms with E-state index in [0.717, 1.165) is 0 Å². The molecule has 2 aromatic carbocycles. The molecular weight excluding hydrogens is 303 g/mol. The highest BCUT2D eigenvalue weighted by Gasteiger charge is 2.21. The summed E-state index contributed by atoms with van der Waals surface area (Å²) in [7, 11) is 0. The Kier molecular flexibility index (Phi) is 5.48. The summed E-state index contributed by atoms with van der Waals surface area (Å²) in [4.78, 5) is 10.7. The van der Waals surface area contributed by atoms with Crippen LogP contribution in [0.5, 0.6) is 5.75 Å². The normalized spacial score (nSPS) is 11.8. The van der Waals surface area contributed by atoms with Crippen LogP contribution in [-0.2, 0) is 0 Å². The Labute approximate surface area is 132 Å². The number of anilines is 1. The van der Waals surface area contributed by atoms with Crippen LogP contribution in [0.15, 0.2) is 42.5 Å². The van der Waals surface area contributed by atoms with Crippen molar-refractivity contribution >= 4 is 11.4 Å². The van der Waals surface area contributed by atoms with Crippen molar-refractivity contribution in [2.45, 2.75) is 13.0 Å². The first-order valence-electron chi connectivity index (χ1n) is 7.10. The molecule has 0 aliphatic rings. The van der Waals surface area contributed by atoms with Gasteiger partial charge in [-0.05, 0) is 36.8 Å². The summed E-state index contributed by atoms with van der Waals surface area (Å²) in [5.74, 6) is -0.298. The predicted molar refractivity (Wildman–Crippen MR) is 84.1 cm³/mol. The quantitative estimate of drug-likeness (QED) is 0.604. The molecule has 0 amide bonds. The van der Waals surface area contributed by atoms with E-state index in [0.29, 0.717) is 12.2 Å². The van der Waals surface area contributed by atoms with Crippen LogP contribution in [0, 0.1) is 15.9 Å². The number of aliphatic hydroxyl groups excluding tert-OH is 1. The van der Waals surface area contributed by atoms with Crippen molar-refractivity contribution in [1.82, 2.24) is 0 Å². The predicted octanol–water partition coefficient (Wildman–Crippen LogP) is 3.28. The Bertz CT molecular complexity index is 694. The molecule has 0 radical (unpaired) electrons. The Morgan fingerprint density at radius 1 is 1.35 bits per heavy atom. The van der Waals surface area contributed by atoms with E-state index in [1.807, 2.05) is 0 Å². The lowest BCUT2D eigenvalue weighted by Gasteiger charge is -2.14. The Morgan fingerprint density at radius 3 is 2.74 bits per heavy atom. The van der Waals surface area contributed by atoms with E-state index in [-0.39, 0.29) is 23.7 Å². The van der Waals surface area contributed by atoms with Crippen LogP contribution in [0.1, 0.15) is 18.6 Å². The number of nitro groups is 1. The summed E-state index contributed by atoms with van der Waals surface area (Å²) in [5, 5.41) is 24.1. The van der Waals surface area contributed by atoms with Gasteiger partial charge in [0.2, 0.25) is 0 Å². The Hall–Kier alpha value is -2.67. The molecule has 0 saturated heterocycles. The maximum absolute atomic E-state index is 13.2. The number of nitro benzene ring substituents is 1. The third kappa shape index (κ3) is 4.17. The zero-order chi connectivity index (χ0) is 16.8. The van der Waals surface area contributed by atoms with Crippen molar-refractivity contribution in [1.29, 1.82) is 0 Å². The zero-order valence-corrected chi connectivity index (χ0v) is 12.5. The SMILES string of the molecule is CCOc1cccc(NCC(O)c2cccc(F)c2)c1[N+](=O)[O-]. The van der Waals surface area contributed by atoms with Crippen molar-refractivity contribution < 1.29 is 19.2 Å². The van der Waals surface area contributed by atoms with E-state index in [1.54, 1.807) is 19.1 Å². The summed E-state index contributed by atoms with van der Waals surface area (Å²) in [6, 6.07) is 10.2. The fourth-order valence-corrected chi connectivity index (χ4v) is 2.16. The fourth-order valence-electron chi connectivity index (χ4n) is 2.16. The van der Waals surface area contributed by atoms with E-state index in [9.17, 15) is 19.6 Å². The summed E-state index contributed by atoms with van der Waals surface area (Å²) in [6.07, 6.45) is -0.999. The summed E-state index contributed by atoms with van der Waals surface area (Å²) >= 11 is 0. The van der Waals surface area contributed by atoms with Crippen molar-refractivity contribution in [2.75, 3.05) is 18.5 Å². The van der Waals surface area contributed by atoms with Crippen LogP contribution in [0.4, 0.5) is 15.8 Å². The Balaban J connectivity index is 2.17. The molecule has 7 heteroatoms. The topological polar surface area (TPSA) is 84.6 Å². The van der Waals surface area contributed by atoms with Crippen molar-refractivity contribution in [3.8, 4) is 5.75 Å². The molecule has 0 aromatic heterocycles. The monoisotopic (exact) mass is 320 g/mol. The van der Waals surface area contributed by atoms with Gasteiger partial charge in [0, 0.05) is 6.54 Å². The van der Waals surface area contributed by atoms with E-state index < -0.39 is 16.8 Å².